The first-order valence-corrected chi connectivity index (χ1v) is 9.36. The van der Waals surface area contributed by atoms with Gasteiger partial charge in [-0.1, -0.05) is 24.6 Å². The Labute approximate surface area is 144 Å². The van der Waals surface area contributed by atoms with E-state index < -0.39 is 0 Å². The van der Waals surface area contributed by atoms with Gasteiger partial charge in [0, 0.05) is 37.1 Å². The molecule has 128 valence electrons. The van der Waals surface area contributed by atoms with Crippen LogP contribution in [-0.4, -0.2) is 41.3 Å². The van der Waals surface area contributed by atoms with Gasteiger partial charge < -0.3 is 4.90 Å². The van der Waals surface area contributed by atoms with Crippen LogP contribution in [0.3, 0.4) is 0 Å². The first-order valence-electron chi connectivity index (χ1n) is 9.36. The largest absolute Gasteiger partial charge is 0.370 e. The smallest absolute Gasteiger partial charge is 0.0797 e. The van der Waals surface area contributed by atoms with Gasteiger partial charge in [0.15, 0.2) is 0 Å². The number of hydrogen-bond donors (Lipinski definition) is 1. The van der Waals surface area contributed by atoms with Crippen LogP contribution < -0.4 is 4.90 Å². The molecule has 1 atom stereocenters. The standard InChI is InChI=1S/C20H28N4/c1-23(15-20-18-10-6-3-7-11-19(18)21-22-20)17-12-13-24(14-17)16-8-4-2-5-9-16/h2,4-5,8-9,17H,3,6-7,10-15H2,1H3,(H,21,22). The summed E-state index contributed by atoms with van der Waals surface area (Å²) in [5.41, 5.74) is 5.54. The minimum atomic E-state index is 0.614. The van der Waals surface area contributed by atoms with E-state index in [0.29, 0.717) is 6.04 Å². The first kappa shape index (κ1) is 15.7. The Hall–Kier alpha value is -1.81. The molecule has 4 nitrogen and oxygen atoms in total. The second-order valence-corrected chi connectivity index (χ2v) is 7.33. The third-order valence-electron chi connectivity index (χ3n) is 5.70. The van der Waals surface area contributed by atoms with Crippen molar-refractivity contribution in [3.8, 4) is 0 Å². The lowest BCUT2D eigenvalue weighted by Crippen LogP contribution is -2.34. The van der Waals surface area contributed by atoms with E-state index >= 15 is 0 Å². The van der Waals surface area contributed by atoms with Crippen LogP contribution in [0.4, 0.5) is 5.69 Å². The van der Waals surface area contributed by atoms with Crippen LogP contribution in [0.5, 0.6) is 0 Å². The van der Waals surface area contributed by atoms with E-state index in [4.69, 9.17) is 0 Å². The van der Waals surface area contributed by atoms with Gasteiger partial charge in [0.25, 0.3) is 0 Å². The summed E-state index contributed by atoms with van der Waals surface area (Å²) in [5.74, 6) is 0. The average molecular weight is 324 g/mol. The van der Waals surface area contributed by atoms with Crippen molar-refractivity contribution in [3.05, 3.63) is 47.3 Å². The lowest BCUT2D eigenvalue weighted by Gasteiger charge is -2.25. The number of nitrogens with one attached hydrogen (secondary N) is 1. The zero-order valence-corrected chi connectivity index (χ0v) is 14.7. The average Bonchev–Trinajstić information content (AvgIpc) is 3.18. The van der Waals surface area contributed by atoms with E-state index in [1.165, 1.54) is 61.2 Å². The molecule has 24 heavy (non-hydrogen) atoms. The van der Waals surface area contributed by atoms with E-state index in [-0.39, 0.29) is 0 Å². The minimum Gasteiger partial charge on any atom is -0.370 e. The van der Waals surface area contributed by atoms with Crippen LogP contribution in [0.1, 0.15) is 42.6 Å². The monoisotopic (exact) mass is 324 g/mol. The molecule has 1 unspecified atom stereocenters. The zero-order valence-electron chi connectivity index (χ0n) is 14.7. The Kier molecular flexibility index (Phi) is 4.56. The van der Waals surface area contributed by atoms with Crippen LogP contribution >= 0.6 is 0 Å². The van der Waals surface area contributed by atoms with Crippen molar-refractivity contribution in [1.82, 2.24) is 15.1 Å². The molecule has 4 heteroatoms. The predicted molar refractivity (Wildman–Crippen MR) is 98.4 cm³/mol. The highest BCUT2D eigenvalue weighted by Crippen LogP contribution is 2.25. The molecule has 1 aliphatic carbocycles. The van der Waals surface area contributed by atoms with Crippen LogP contribution in [-0.2, 0) is 19.4 Å². The van der Waals surface area contributed by atoms with Gasteiger partial charge in [-0.3, -0.25) is 10.00 Å². The fraction of sp³-hybridized carbons (Fsp3) is 0.550. The summed E-state index contributed by atoms with van der Waals surface area (Å²) < 4.78 is 0. The highest BCUT2D eigenvalue weighted by Gasteiger charge is 2.27. The normalized spacial score (nSPS) is 21.1. The molecule has 1 saturated heterocycles. The van der Waals surface area contributed by atoms with Crippen LogP contribution in [0, 0.1) is 0 Å². The molecule has 1 fully saturated rings. The van der Waals surface area contributed by atoms with E-state index in [9.17, 15) is 0 Å². The van der Waals surface area contributed by atoms with E-state index in [1.54, 1.807) is 0 Å². The van der Waals surface area contributed by atoms with Gasteiger partial charge in [0.05, 0.1) is 5.69 Å². The second kappa shape index (κ2) is 6.98. The van der Waals surface area contributed by atoms with Gasteiger partial charge >= 0.3 is 0 Å². The Bertz CT molecular complexity index is 664. The summed E-state index contributed by atoms with van der Waals surface area (Å²) in [4.78, 5) is 5.01. The third kappa shape index (κ3) is 3.20. The summed E-state index contributed by atoms with van der Waals surface area (Å²) in [6, 6.07) is 11.4. The van der Waals surface area contributed by atoms with Gasteiger partial charge in [0.2, 0.25) is 0 Å². The number of rotatable bonds is 4. The Balaban J connectivity index is 1.40. The summed E-state index contributed by atoms with van der Waals surface area (Å²) in [6.45, 7) is 3.24. The highest BCUT2D eigenvalue weighted by atomic mass is 15.3. The summed E-state index contributed by atoms with van der Waals surface area (Å²) >= 11 is 0. The molecule has 2 aliphatic rings. The number of H-pyrrole nitrogens is 1. The highest BCUT2D eigenvalue weighted by molar-refractivity contribution is 5.47. The van der Waals surface area contributed by atoms with Crippen molar-refractivity contribution in [3.63, 3.8) is 0 Å². The fourth-order valence-corrected chi connectivity index (χ4v) is 4.20. The number of aryl methyl sites for hydroxylation is 1. The molecule has 1 aliphatic heterocycles. The van der Waals surface area contributed by atoms with Crippen molar-refractivity contribution in [2.24, 2.45) is 0 Å². The molecule has 2 aromatic rings. The van der Waals surface area contributed by atoms with Gasteiger partial charge in [-0.15, -0.1) is 0 Å². The summed E-state index contributed by atoms with van der Waals surface area (Å²) in [7, 11) is 2.26. The van der Waals surface area contributed by atoms with Crippen LogP contribution in [0.15, 0.2) is 30.3 Å². The number of benzene rings is 1. The number of likely N-dealkylation sites (N-methyl/N-ethyl adjacent to an activating group) is 1. The molecule has 4 rings (SSSR count). The predicted octanol–water partition coefficient (Wildman–Crippen LogP) is 3.39. The molecule has 1 N–H and O–H groups in total. The lowest BCUT2D eigenvalue weighted by atomic mass is 10.1. The van der Waals surface area contributed by atoms with Gasteiger partial charge in [-0.05, 0) is 56.8 Å². The Morgan fingerprint density at radius 2 is 2.00 bits per heavy atom. The number of para-hydroxylation sites is 1. The van der Waals surface area contributed by atoms with Crippen LogP contribution in [0.2, 0.25) is 0 Å². The molecule has 0 saturated carbocycles. The molecule has 1 aromatic heterocycles. The zero-order chi connectivity index (χ0) is 16.4. The number of aromatic nitrogens is 2. The summed E-state index contributed by atoms with van der Waals surface area (Å²) in [5, 5.41) is 7.96. The minimum absolute atomic E-state index is 0.614. The lowest BCUT2D eigenvalue weighted by molar-refractivity contribution is 0.247. The van der Waals surface area contributed by atoms with Gasteiger partial charge in [-0.2, -0.15) is 5.10 Å². The van der Waals surface area contributed by atoms with Gasteiger partial charge in [-0.25, -0.2) is 0 Å². The van der Waals surface area contributed by atoms with Crippen molar-refractivity contribution in [1.29, 1.82) is 0 Å². The quantitative estimate of drug-likeness (QED) is 0.876. The number of anilines is 1. The SMILES string of the molecule is CN(Cc1n[nH]c2c1CCCCC2)C1CCN(c2ccccc2)C1. The maximum atomic E-state index is 4.65. The van der Waals surface area contributed by atoms with Crippen molar-refractivity contribution >= 4 is 5.69 Å². The van der Waals surface area contributed by atoms with Crippen molar-refractivity contribution in [2.45, 2.75) is 51.1 Å². The maximum Gasteiger partial charge on any atom is 0.0797 e. The number of hydrogen-bond acceptors (Lipinski definition) is 3. The molecule has 2 heterocycles. The Morgan fingerprint density at radius 1 is 1.17 bits per heavy atom. The van der Waals surface area contributed by atoms with E-state index in [0.717, 1.165) is 19.6 Å². The number of aromatic amines is 1. The second-order valence-electron chi connectivity index (χ2n) is 7.33. The number of fused-ring (bicyclic) bond motifs is 1. The number of nitrogens with zero attached hydrogens (tertiary/aromatic N) is 3. The molecule has 1 aromatic carbocycles. The molecule has 0 bridgehead atoms. The third-order valence-corrected chi connectivity index (χ3v) is 5.70. The van der Waals surface area contributed by atoms with Crippen LogP contribution in [0.25, 0.3) is 0 Å². The Morgan fingerprint density at radius 3 is 2.88 bits per heavy atom. The molecule has 0 amide bonds. The first-order chi connectivity index (χ1) is 11.8. The van der Waals surface area contributed by atoms with Gasteiger partial charge in [0.1, 0.15) is 0 Å². The summed E-state index contributed by atoms with van der Waals surface area (Å²) in [6.07, 6.45) is 7.59. The molecular formula is C20H28N4. The molecule has 0 spiro atoms. The van der Waals surface area contributed by atoms with Crippen molar-refractivity contribution in [2.75, 3.05) is 25.0 Å². The van der Waals surface area contributed by atoms with E-state index in [1.807, 2.05) is 0 Å². The van der Waals surface area contributed by atoms with Crippen molar-refractivity contribution < 1.29 is 0 Å². The molecular weight excluding hydrogens is 296 g/mol. The molecule has 0 radical (unpaired) electrons. The fourth-order valence-electron chi connectivity index (χ4n) is 4.20. The maximum absolute atomic E-state index is 4.65. The van der Waals surface area contributed by atoms with E-state index in [2.05, 4.69) is 57.4 Å². The topological polar surface area (TPSA) is 35.2 Å².